The summed E-state index contributed by atoms with van der Waals surface area (Å²) in [6, 6.07) is 16.0. The fourth-order valence-electron chi connectivity index (χ4n) is 2.96. The van der Waals surface area contributed by atoms with Crippen LogP contribution in [0.25, 0.3) is 0 Å². The van der Waals surface area contributed by atoms with Crippen LogP contribution < -0.4 is 11.1 Å². The van der Waals surface area contributed by atoms with Crippen LogP contribution in [0.2, 0.25) is 0 Å². The van der Waals surface area contributed by atoms with Gasteiger partial charge in [-0.2, -0.15) is 0 Å². The molecule has 128 valence electrons. The van der Waals surface area contributed by atoms with Gasteiger partial charge in [0.1, 0.15) is 0 Å². The molecule has 0 aliphatic carbocycles. The molecule has 0 aliphatic heterocycles. The molecule has 24 heavy (non-hydrogen) atoms. The molecule has 0 aliphatic rings. The van der Waals surface area contributed by atoms with Gasteiger partial charge in [0.05, 0.1) is 6.04 Å². The molecule has 3 N–H and O–H groups in total. The molecule has 2 rings (SSSR count). The molecule has 2 aromatic rings. The van der Waals surface area contributed by atoms with E-state index in [9.17, 15) is 4.79 Å². The van der Waals surface area contributed by atoms with Gasteiger partial charge in [0.2, 0.25) is 5.91 Å². The second kappa shape index (κ2) is 8.62. The number of anilines is 1. The number of amides is 1. The standard InChI is InChI=1S/C20H27N3O/c1-4-19(23(3)14-16-8-6-5-7-9-16)20(24)22-18-11-15(2)10-17(12-18)13-21/h5-12,19H,4,13-14,21H2,1-3H3,(H,22,24). The lowest BCUT2D eigenvalue weighted by atomic mass is 10.1. The monoisotopic (exact) mass is 325 g/mol. The smallest absolute Gasteiger partial charge is 0.241 e. The first kappa shape index (κ1) is 18.2. The summed E-state index contributed by atoms with van der Waals surface area (Å²) in [6.07, 6.45) is 0.755. The van der Waals surface area contributed by atoms with Crippen LogP contribution >= 0.6 is 0 Å². The topological polar surface area (TPSA) is 58.4 Å². The van der Waals surface area contributed by atoms with E-state index in [0.717, 1.165) is 29.8 Å². The minimum Gasteiger partial charge on any atom is -0.326 e. The van der Waals surface area contributed by atoms with E-state index in [4.69, 9.17) is 5.73 Å². The largest absolute Gasteiger partial charge is 0.326 e. The lowest BCUT2D eigenvalue weighted by Crippen LogP contribution is -2.41. The number of rotatable bonds is 7. The predicted molar refractivity (Wildman–Crippen MR) is 99.7 cm³/mol. The number of hydrogen-bond acceptors (Lipinski definition) is 3. The van der Waals surface area contributed by atoms with E-state index in [0.29, 0.717) is 6.54 Å². The molecule has 4 nitrogen and oxygen atoms in total. The van der Waals surface area contributed by atoms with Crippen molar-refractivity contribution in [2.75, 3.05) is 12.4 Å². The van der Waals surface area contributed by atoms with Gasteiger partial charge in [-0.25, -0.2) is 0 Å². The first-order valence-electron chi connectivity index (χ1n) is 8.39. The van der Waals surface area contributed by atoms with Crippen molar-refractivity contribution < 1.29 is 4.79 Å². The Balaban J connectivity index is 2.06. The van der Waals surface area contributed by atoms with Crippen LogP contribution in [0, 0.1) is 6.92 Å². The number of likely N-dealkylation sites (N-methyl/N-ethyl adjacent to an activating group) is 1. The molecule has 0 heterocycles. The quantitative estimate of drug-likeness (QED) is 0.821. The zero-order valence-electron chi connectivity index (χ0n) is 14.8. The van der Waals surface area contributed by atoms with Crippen LogP contribution in [0.4, 0.5) is 5.69 Å². The number of benzene rings is 2. The van der Waals surface area contributed by atoms with E-state index < -0.39 is 0 Å². The van der Waals surface area contributed by atoms with Crippen molar-refractivity contribution in [2.24, 2.45) is 5.73 Å². The number of hydrogen-bond donors (Lipinski definition) is 2. The van der Waals surface area contributed by atoms with E-state index in [2.05, 4.69) is 22.3 Å². The van der Waals surface area contributed by atoms with Crippen molar-refractivity contribution >= 4 is 11.6 Å². The second-order valence-electron chi connectivity index (χ2n) is 6.23. The summed E-state index contributed by atoms with van der Waals surface area (Å²) >= 11 is 0. The van der Waals surface area contributed by atoms with Gasteiger partial charge in [-0.3, -0.25) is 9.69 Å². The molecule has 1 amide bonds. The van der Waals surface area contributed by atoms with Crippen molar-refractivity contribution in [3.8, 4) is 0 Å². The summed E-state index contributed by atoms with van der Waals surface area (Å²) in [6.45, 7) is 5.26. The third-order valence-electron chi connectivity index (χ3n) is 4.14. The summed E-state index contributed by atoms with van der Waals surface area (Å²) in [5.74, 6) is 0.0181. The van der Waals surface area contributed by atoms with Crippen molar-refractivity contribution in [1.29, 1.82) is 0 Å². The molecule has 0 spiro atoms. The third kappa shape index (κ3) is 4.91. The molecule has 1 atom stereocenters. The van der Waals surface area contributed by atoms with Crippen molar-refractivity contribution in [1.82, 2.24) is 4.90 Å². The van der Waals surface area contributed by atoms with Gasteiger partial charge in [-0.1, -0.05) is 43.3 Å². The molecule has 0 fully saturated rings. The van der Waals surface area contributed by atoms with Gasteiger partial charge in [0.25, 0.3) is 0 Å². The molecule has 0 aromatic heterocycles. The predicted octanol–water partition coefficient (Wildman–Crippen LogP) is 3.30. The van der Waals surface area contributed by atoms with Crippen LogP contribution in [-0.2, 0) is 17.9 Å². The van der Waals surface area contributed by atoms with Crippen molar-refractivity contribution in [2.45, 2.75) is 39.4 Å². The highest BCUT2D eigenvalue weighted by Gasteiger charge is 2.21. The fourth-order valence-corrected chi connectivity index (χ4v) is 2.96. The van der Waals surface area contributed by atoms with E-state index in [-0.39, 0.29) is 11.9 Å². The van der Waals surface area contributed by atoms with Crippen LogP contribution in [-0.4, -0.2) is 23.9 Å². The van der Waals surface area contributed by atoms with E-state index in [1.54, 1.807) is 0 Å². The minimum atomic E-state index is -0.174. The molecule has 4 heteroatoms. The number of nitrogens with zero attached hydrogens (tertiary/aromatic N) is 1. The zero-order valence-corrected chi connectivity index (χ0v) is 14.8. The van der Waals surface area contributed by atoms with Crippen LogP contribution in [0.3, 0.4) is 0 Å². The SMILES string of the molecule is CCC(C(=O)Nc1cc(C)cc(CN)c1)N(C)Cc1ccccc1. The maximum Gasteiger partial charge on any atom is 0.241 e. The molecule has 0 saturated heterocycles. The van der Waals surface area contributed by atoms with E-state index in [1.807, 2.05) is 57.3 Å². The normalized spacial score (nSPS) is 12.2. The van der Waals surface area contributed by atoms with E-state index >= 15 is 0 Å². The van der Waals surface area contributed by atoms with Gasteiger partial charge >= 0.3 is 0 Å². The summed E-state index contributed by atoms with van der Waals surface area (Å²) in [5, 5.41) is 3.04. The summed E-state index contributed by atoms with van der Waals surface area (Å²) in [5.41, 5.74) is 9.85. The first-order chi connectivity index (χ1) is 11.5. The Morgan fingerprint density at radius 1 is 1.17 bits per heavy atom. The Labute approximate surface area is 144 Å². The maximum absolute atomic E-state index is 12.7. The fraction of sp³-hybridized carbons (Fsp3) is 0.350. The molecular formula is C20H27N3O. The minimum absolute atomic E-state index is 0.0181. The Hall–Kier alpha value is -2.17. The highest BCUT2D eigenvalue weighted by atomic mass is 16.2. The molecule has 0 radical (unpaired) electrons. The average Bonchev–Trinajstić information content (AvgIpc) is 2.55. The highest BCUT2D eigenvalue weighted by molar-refractivity contribution is 5.94. The van der Waals surface area contributed by atoms with Crippen molar-refractivity contribution in [3.05, 3.63) is 65.2 Å². The number of nitrogens with two attached hydrogens (primary N) is 1. The van der Waals surface area contributed by atoms with Gasteiger partial charge in [0, 0.05) is 18.8 Å². The number of nitrogens with one attached hydrogen (secondary N) is 1. The Kier molecular flexibility index (Phi) is 6.53. The van der Waals surface area contributed by atoms with Crippen molar-refractivity contribution in [3.63, 3.8) is 0 Å². The molecule has 0 saturated carbocycles. The van der Waals surface area contributed by atoms with Gasteiger partial charge < -0.3 is 11.1 Å². The van der Waals surface area contributed by atoms with Gasteiger partial charge in [-0.15, -0.1) is 0 Å². The van der Waals surface area contributed by atoms with Crippen LogP contribution in [0.5, 0.6) is 0 Å². The van der Waals surface area contributed by atoms with Crippen LogP contribution in [0.15, 0.2) is 48.5 Å². The third-order valence-corrected chi connectivity index (χ3v) is 4.14. The maximum atomic E-state index is 12.7. The van der Waals surface area contributed by atoms with Gasteiger partial charge in [-0.05, 0) is 49.2 Å². The molecule has 2 aromatic carbocycles. The summed E-state index contributed by atoms with van der Waals surface area (Å²) < 4.78 is 0. The molecular weight excluding hydrogens is 298 g/mol. The zero-order chi connectivity index (χ0) is 17.5. The first-order valence-corrected chi connectivity index (χ1v) is 8.39. The second-order valence-corrected chi connectivity index (χ2v) is 6.23. The number of carbonyl (C=O) groups excluding carboxylic acids is 1. The Bertz CT molecular complexity index is 670. The lowest BCUT2D eigenvalue weighted by molar-refractivity contribution is -0.121. The summed E-state index contributed by atoms with van der Waals surface area (Å²) in [4.78, 5) is 14.8. The van der Waals surface area contributed by atoms with Gasteiger partial charge in [0.15, 0.2) is 0 Å². The lowest BCUT2D eigenvalue weighted by Gasteiger charge is -2.26. The molecule has 0 bridgehead atoms. The average molecular weight is 325 g/mol. The van der Waals surface area contributed by atoms with E-state index in [1.165, 1.54) is 5.56 Å². The Morgan fingerprint density at radius 3 is 2.50 bits per heavy atom. The number of carbonyl (C=O) groups is 1. The summed E-state index contributed by atoms with van der Waals surface area (Å²) in [7, 11) is 1.99. The Morgan fingerprint density at radius 2 is 1.88 bits per heavy atom. The van der Waals surface area contributed by atoms with Crippen LogP contribution in [0.1, 0.15) is 30.0 Å². The molecule has 1 unspecified atom stereocenters. The highest BCUT2D eigenvalue weighted by Crippen LogP contribution is 2.16. The number of aryl methyl sites for hydroxylation is 1.